The van der Waals surface area contributed by atoms with Gasteiger partial charge in [0.15, 0.2) is 5.82 Å². The highest BCUT2D eigenvalue weighted by molar-refractivity contribution is 5.45. The summed E-state index contributed by atoms with van der Waals surface area (Å²) in [6.07, 6.45) is 0.903. The lowest BCUT2D eigenvalue weighted by Crippen LogP contribution is -2.36. The molecule has 100 valence electrons. The van der Waals surface area contributed by atoms with Crippen molar-refractivity contribution in [3.63, 3.8) is 0 Å². The molecule has 0 aromatic carbocycles. The van der Waals surface area contributed by atoms with Crippen LogP contribution < -0.4 is 5.32 Å². The van der Waals surface area contributed by atoms with Crippen molar-refractivity contribution in [2.75, 3.05) is 39.1 Å². The molecule has 1 saturated heterocycles. The predicted octanol–water partition coefficient (Wildman–Crippen LogP) is 1.39. The molecule has 18 heavy (non-hydrogen) atoms. The van der Waals surface area contributed by atoms with Gasteiger partial charge in [-0.05, 0) is 20.4 Å². The van der Waals surface area contributed by atoms with Gasteiger partial charge < -0.3 is 15.0 Å². The van der Waals surface area contributed by atoms with E-state index in [4.69, 9.17) is 4.74 Å². The number of likely N-dealkylation sites (N-methyl/N-ethyl adjacent to an activating group) is 1. The summed E-state index contributed by atoms with van der Waals surface area (Å²) < 4.78 is 5.78. The van der Waals surface area contributed by atoms with Gasteiger partial charge in [-0.1, -0.05) is 6.92 Å². The van der Waals surface area contributed by atoms with Gasteiger partial charge in [-0.25, -0.2) is 9.97 Å². The third kappa shape index (κ3) is 2.62. The number of nitrogens with zero attached hydrogens (tertiary/aromatic N) is 3. The number of aromatic nitrogens is 2. The minimum Gasteiger partial charge on any atom is -0.373 e. The fraction of sp³-hybridized carbons (Fsp3) is 0.692. The van der Waals surface area contributed by atoms with Crippen molar-refractivity contribution in [1.82, 2.24) is 14.9 Å². The van der Waals surface area contributed by atoms with Crippen LogP contribution in [-0.4, -0.2) is 48.7 Å². The van der Waals surface area contributed by atoms with Crippen molar-refractivity contribution >= 4 is 5.82 Å². The van der Waals surface area contributed by atoms with Gasteiger partial charge in [0.1, 0.15) is 11.9 Å². The third-order valence-electron chi connectivity index (χ3n) is 3.39. The second-order valence-electron chi connectivity index (χ2n) is 4.73. The molecule has 0 spiro atoms. The summed E-state index contributed by atoms with van der Waals surface area (Å²) in [7, 11) is 4.00. The van der Waals surface area contributed by atoms with Gasteiger partial charge in [0.05, 0.1) is 6.61 Å². The van der Waals surface area contributed by atoms with E-state index >= 15 is 0 Å². The summed E-state index contributed by atoms with van der Waals surface area (Å²) in [5.41, 5.74) is 2.23. The van der Waals surface area contributed by atoms with Gasteiger partial charge in [0, 0.05) is 31.4 Å². The van der Waals surface area contributed by atoms with Crippen LogP contribution >= 0.6 is 0 Å². The molecule has 1 fully saturated rings. The number of aryl methyl sites for hydroxylation is 1. The van der Waals surface area contributed by atoms with Crippen LogP contribution in [0.1, 0.15) is 30.1 Å². The highest BCUT2D eigenvalue weighted by Gasteiger charge is 2.23. The minimum atomic E-state index is -0.0123. The Labute approximate surface area is 109 Å². The van der Waals surface area contributed by atoms with E-state index in [2.05, 4.69) is 41.1 Å². The normalized spacial score (nSPS) is 21.0. The first-order chi connectivity index (χ1) is 8.65. The molecule has 2 heterocycles. The summed E-state index contributed by atoms with van der Waals surface area (Å²) in [5.74, 6) is 1.71. The number of morpholine rings is 1. The summed E-state index contributed by atoms with van der Waals surface area (Å²) in [6, 6.07) is 0. The highest BCUT2D eigenvalue weighted by Crippen LogP contribution is 2.23. The zero-order valence-electron chi connectivity index (χ0n) is 11.7. The van der Waals surface area contributed by atoms with Crippen molar-refractivity contribution in [2.24, 2.45) is 0 Å². The molecule has 5 heteroatoms. The van der Waals surface area contributed by atoms with Gasteiger partial charge >= 0.3 is 0 Å². The Morgan fingerprint density at radius 3 is 2.83 bits per heavy atom. The maximum atomic E-state index is 5.78. The van der Waals surface area contributed by atoms with E-state index in [0.29, 0.717) is 0 Å². The molecule has 0 aliphatic carbocycles. The quantitative estimate of drug-likeness (QED) is 0.878. The molecule has 5 nitrogen and oxygen atoms in total. The lowest BCUT2D eigenvalue weighted by molar-refractivity contribution is -0.0255. The van der Waals surface area contributed by atoms with Crippen molar-refractivity contribution in [3.8, 4) is 0 Å². The molecule has 0 bridgehead atoms. The van der Waals surface area contributed by atoms with Crippen molar-refractivity contribution < 1.29 is 4.74 Å². The number of ether oxygens (including phenoxy) is 1. The third-order valence-corrected chi connectivity index (χ3v) is 3.39. The van der Waals surface area contributed by atoms with Gasteiger partial charge in [0.25, 0.3) is 0 Å². The molecule has 1 N–H and O–H groups in total. The van der Waals surface area contributed by atoms with E-state index in [-0.39, 0.29) is 6.10 Å². The summed E-state index contributed by atoms with van der Waals surface area (Å²) in [5, 5.41) is 3.14. The van der Waals surface area contributed by atoms with Crippen LogP contribution in [0.25, 0.3) is 0 Å². The standard InChI is InChI=1S/C13H22N4O/c1-5-10-9(2)12(14-3)16-13(15-10)11-8-17(4)6-7-18-11/h11H,5-8H2,1-4H3,(H,14,15,16). The molecule has 0 amide bonds. The topological polar surface area (TPSA) is 50.3 Å². The van der Waals surface area contributed by atoms with Crippen LogP contribution in [-0.2, 0) is 11.2 Å². The van der Waals surface area contributed by atoms with Gasteiger partial charge in [-0.2, -0.15) is 0 Å². The lowest BCUT2D eigenvalue weighted by Gasteiger charge is -2.29. The van der Waals surface area contributed by atoms with Crippen LogP contribution in [0.3, 0.4) is 0 Å². The summed E-state index contributed by atoms with van der Waals surface area (Å²) in [6.45, 7) is 6.75. The maximum Gasteiger partial charge on any atom is 0.161 e. The molecule has 1 aliphatic rings. The van der Waals surface area contributed by atoms with Gasteiger partial charge in [0.2, 0.25) is 0 Å². The Hall–Kier alpha value is -1.20. The number of hydrogen-bond donors (Lipinski definition) is 1. The molecule has 1 aliphatic heterocycles. The largest absolute Gasteiger partial charge is 0.373 e. The van der Waals surface area contributed by atoms with E-state index in [9.17, 15) is 0 Å². The summed E-state index contributed by atoms with van der Waals surface area (Å²) >= 11 is 0. The zero-order valence-corrected chi connectivity index (χ0v) is 11.7. The zero-order chi connectivity index (χ0) is 13.1. The smallest absolute Gasteiger partial charge is 0.161 e. The molecule has 0 saturated carbocycles. The Morgan fingerprint density at radius 1 is 1.44 bits per heavy atom. The average Bonchev–Trinajstić information content (AvgIpc) is 2.39. The second kappa shape index (κ2) is 5.63. The average molecular weight is 250 g/mol. The fourth-order valence-electron chi connectivity index (χ4n) is 2.25. The first-order valence-electron chi connectivity index (χ1n) is 6.51. The van der Waals surface area contributed by atoms with E-state index in [1.54, 1.807) is 0 Å². The number of rotatable bonds is 3. The van der Waals surface area contributed by atoms with E-state index in [0.717, 1.165) is 49.0 Å². The maximum absolute atomic E-state index is 5.78. The second-order valence-corrected chi connectivity index (χ2v) is 4.73. The SMILES string of the molecule is CCc1nc(C2CN(C)CCO2)nc(NC)c1C. The number of hydrogen-bond acceptors (Lipinski definition) is 5. The molecular formula is C13H22N4O. The molecule has 1 aromatic rings. The molecular weight excluding hydrogens is 228 g/mol. The molecule has 1 aromatic heterocycles. The van der Waals surface area contributed by atoms with Gasteiger partial charge in [-0.3, -0.25) is 0 Å². The minimum absolute atomic E-state index is 0.0123. The lowest BCUT2D eigenvalue weighted by atomic mass is 10.1. The highest BCUT2D eigenvalue weighted by atomic mass is 16.5. The van der Waals surface area contributed by atoms with E-state index < -0.39 is 0 Å². The molecule has 1 atom stereocenters. The Bertz CT molecular complexity index is 396. The summed E-state index contributed by atoms with van der Waals surface area (Å²) in [4.78, 5) is 11.5. The van der Waals surface area contributed by atoms with Crippen molar-refractivity contribution in [2.45, 2.75) is 26.4 Å². The Balaban J connectivity index is 2.32. The van der Waals surface area contributed by atoms with Crippen LogP contribution in [0.4, 0.5) is 5.82 Å². The molecule has 2 rings (SSSR count). The monoisotopic (exact) mass is 250 g/mol. The molecule has 1 unspecified atom stereocenters. The fourth-order valence-corrected chi connectivity index (χ4v) is 2.25. The van der Waals surface area contributed by atoms with Gasteiger partial charge in [-0.15, -0.1) is 0 Å². The first kappa shape index (κ1) is 13.2. The van der Waals surface area contributed by atoms with Crippen LogP contribution in [0.5, 0.6) is 0 Å². The van der Waals surface area contributed by atoms with E-state index in [1.807, 2.05) is 7.05 Å². The van der Waals surface area contributed by atoms with Crippen molar-refractivity contribution in [1.29, 1.82) is 0 Å². The van der Waals surface area contributed by atoms with Crippen LogP contribution in [0.2, 0.25) is 0 Å². The Morgan fingerprint density at radius 2 is 2.22 bits per heavy atom. The van der Waals surface area contributed by atoms with Crippen molar-refractivity contribution in [3.05, 3.63) is 17.1 Å². The molecule has 0 radical (unpaired) electrons. The number of nitrogens with one attached hydrogen (secondary N) is 1. The predicted molar refractivity (Wildman–Crippen MR) is 71.9 cm³/mol. The first-order valence-corrected chi connectivity index (χ1v) is 6.51. The van der Waals surface area contributed by atoms with Crippen LogP contribution in [0.15, 0.2) is 0 Å². The Kier molecular flexibility index (Phi) is 4.14. The van der Waals surface area contributed by atoms with E-state index in [1.165, 1.54) is 0 Å². The number of anilines is 1. The van der Waals surface area contributed by atoms with Crippen LogP contribution in [0, 0.1) is 6.92 Å².